The fourth-order valence-corrected chi connectivity index (χ4v) is 1.90. The normalized spacial score (nSPS) is 19.9. The number of ether oxygens (including phenoxy) is 1. The summed E-state index contributed by atoms with van der Waals surface area (Å²) in [6, 6.07) is 0.156. The summed E-state index contributed by atoms with van der Waals surface area (Å²) in [5, 5.41) is 0. The van der Waals surface area contributed by atoms with Gasteiger partial charge in [0.15, 0.2) is 5.69 Å². The van der Waals surface area contributed by atoms with E-state index >= 15 is 0 Å². The van der Waals surface area contributed by atoms with Crippen LogP contribution >= 0.6 is 0 Å². The fraction of sp³-hybridized carbons (Fsp3) is 0.667. The van der Waals surface area contributed by atoms with E-state index in [-0.39, 0.29) is 12.0 Å². The molecule has 0 aliphatic carbocycles. The Kier molecular flexibility index (Phi) is 2.95. The van der Waals surface area contributed by atoms with Crippen molar-refractivity contribution in [2.45, 2.75) is 51.8 Å². The Balaban J connectivity index is 2.15. The highest BCUT2D eigenvalue weighted by Gasteiger charge is 2.23. The summed E-state index contributed by atoms with van der Waals surface area (Å²) >= 11 is 0. The van der Waals surface area contributed by atoms with E-state index in [1.54, 1.807) is 6.20 Å². The third-order valence-corrected chi connectivity index (χ3v) is 2.64. The minimum Gasteiger partial charge on any atom is -0.455 e. The third kappa shape index (κ3) is 2.85. The molecule has 1 aromatic heterocycles. The van der Waals surface area contributed by atoms with Gasteiger partial charge in [-0.25, -0.2) is 9.78 Å². The molecule has 5 nitrogen and oxygen atoms in total. The summed E-state index contributed by atoms with van der Waals surface area (Å²) in [6.45, 7) is 6.26. The summed E-state index contributed by atoms with van der Waals surface area (Å²) in [5.74, 6) is 0.556. The van der Waals surface area contributed by atoms with E-state index in [1.807, 2.05) is 25.3 Å². The van der Waals surface area contributed by atoms with Gasteiger partial charge in [-0.15, -0.1) is 0 Å². The number of fused-ring (bicyclic) bond motifs is 1. The quantitative estimate of drug-likeness (QED) is 0.743. The number of imidazole rings is 1. The lowest BCUT2D eigenvalue weighted by Crippen LogP contribution is -2.31. The van der Waals surface area contributed by atoms with Crippen LogP contribution in [0.15, 0.2) is 6.20 Å². The second kappa shape index (κ2) is 4.14. The van der Waals surface area contributed by atoms with Crippen LogP contribution in [0.4, 0.5) is 0 Å². The number of hydrogen-bond acceptors (Lipinski definition) is 4. The predicted octanol–water partition coefficient (Wildman–Crippen LogP) is 1.11. The van der Waals surface area contributed by atoms with Crippen molar-refractivity contribution in [3.8, 4) is 0 Å². The van der Waals surface area contributed by atoms with Crippen LogP contribution in [0, 0.1) is 0 Å². The highest BCUT2D eigenvalue weighted by molar-refractivity contribution is 5.87. The van der Waals surface area contributed by atoms with Crippen molar-refractivity contribution in [3.63, 3.8) is 0 Å². The van der Waals surface area contributed by atoms with E-state index < -0.39 is 5.60 Å². The van der Waals surface area contributed by atoms with E-state index in [0.717, 1.165) is 25.2 Å². The van der Waals surface area contributed by atoms with Crippen molar-refractivity contribution in [1.29, 1.82) is 0 Å². The summed E-state index contributed by atoms with van der Waals surface area (Å²) in [7, 11) is 0. The monoisotopic (exact) mass is 237 g/mol. The molecular formula is C12H19N3O2. The molecule has 2 N–H and O–H groups in total. The van der Waals surface area contributed by atoms with Crippen molar-refractivity contribution >= 4 is 5.97 Å². The third-order valence-electron chi connectivity index (χ3n) is 2.64. The van der Waals surface area contributed by atoms with Crippen molar-refractivity contribution in [3.05, 3.63) is 17.7 Å². The highest BCUT2D eigenvalue weighted by Crippen LogP contribution is 2.16. The smallest absolute Gasteiger partial charge is 0.359 e. The second-order valence-corrected chi connectivity index (χ2v) is 5.50. The Morgan fingerprint density at radius 1 is 1.59 bits per heavy atom. The number of rotatable bonds is 1. The first kappa shape index (κ1) is 12.1. The topological polar surface area (TPSA) is 70.1 Å². The predicted molar refractivity (Wildman–Crippen MR) is 63.7 cm³/mol. The zero-order valence-electron chi connectivity index (χ0n) is 10.6. The van der Waals surface area contributed by atoms with Crippen molar-refractivity contribution in [2.75, 3.05) is 0 Å². The van der Waals surface area contributed by atoms with Gasteiger partial charge < -0.3 is 15.0 Å². The van der Waals surface area contributed by atoms with E-state index in [0.29, 0.717) is 5.69 Å². The number of aryl methyl sites for hydroxylation is 1. The minimum atomic E-state index is -0.488. The summed E-state index contributed by atoms with van der Waals surface area (Å²) in [6.07, 6.45) is 3.48. The van der Waals surface area contributed by atoms with Crippen LogP contribution in [0.1, 0.15) is 43.5 Å². The van der Waals surface area contributed by atoms with Crippen LogP contribution in [0.3, 0.4) is 0 Å². The molecule has 0 aromatic carbocycles. The number of aromatic nitrogens is 2. The summed E-state index contributed by atoms with van der Waals surface area (Å²) < 4.78 is 7.23. The van der Waals surface area contributed by atoms with E-state index in [4.69, 9.17) is 10.5 Å². The van der Waals surface area contributed by atoms with Crippen LogP contribution < -0.4 is 5.73 Å². The Labute approximate surface area is 101 Å². The maximum absolute atomic E-state index is 11.8. The number of nitrogens with two attached hydrogens (primary N) is 1. The van der Waals surface area contributed by atoms with Crippen LogP contribution in [-0.2, 0) is 17.7 Å². The molecule has 0 saturated heterocycles. The molecule has 1 aromatic rings. The molecular weight excluding hydrogens is 218 g/mol. The average Bonchev–Trinajstić information content (AvgIpc) is 2.57. The van der Waals surface area contributed by atoms with Crippen LogP contribution in [-0.4, -0.2) is 27.2 Å². The summed E-state index contributed by atoms with van der Waals surface area (Å²) in [4.78, 5) is 16.1. The molecule has 5 heteroatoms. The van der Waals surface area contributed by atoms with E-state index in [1.165, 1.54) is 0 Å². The molecule has 2 rings (SSSR count). The lowest BCUT2D eigenvalue weighted by Gasteiger charge is -2.19. The zero-order valence-corrected chi connectivity index (χ0v) is 10.6. The molecule has 1 aliphatic rings. The summed E-state index contributed by atoms with van der Waals surface area (Å²) in [5.41, 5.74) is 5.76. The molecule has 17 heavy (non-hydrogen) atoms. The first-order chi connectivity index (χ1) is 7.85. The highest BCUT2D eigenvalue weighted by atomic mass is 16.6. The Hall–Kier alpha value is -1.36. The van der Waals surface area contributed by atoms with Crippen LogP contribution in [0.25, 0.3) is 0 Å². The van der Waals surface area contributed by atoms with Gasteiger partial charge in [-0.3, -0.25) is 0 Å². The van der Waals surface area contributed by atoms with Gasteiger partial charge in [0.05, 0.1) is 0 Å². The lowest BCUT2D eigenvalue weighted by molar-refractivity contribution is 0.00632. The van der Waals surface area contributed by atoms with Crippen LogP contribution in [0.5, 0.6) is 0 Å². The van der Waals surface area contributed by atoms with Gasteiger partial charge in [-0.2, -0.15) is 0 Å². The molecule has 1 atom stereocenters. The van der Waals surface area contributed by atoms with Crippen molar-refractivity contribution in [2.24, 2.45) is 5.73 Å². The number of nitrogens with zero attached hydrogens (tertiary/aromatic N) is 2. The molecule has 0 fully saturated rings. The Morgan fingerprint density at radius 2 is 2.29 bits per heavy atom. The standard InChI is InChI=1S/C12H19N3O2/c1-12(2,3)17-11(16)9-7-15-6-8(13)4-5-10(15)14-9/h7-8H,4-6,13H2,1-3H3. The van der Waals surface area contributed by atoms with Crippen LogP contribution in [0.2, 0.25) is 0 Å². The number of hydrogen-bond donors (Lipinski definition) is 1. The van der Waals surface area contributed by atoms with Gasteiger partial charge in [0.25, 0.3) is 0 Å². The van der Waals surface area contributed by atoms with Crippen molar-refractivity contribution in [1.82, 2.24) is 9.55 Å². The van der Waals surface area contributed by atoms with Gasteiger partial charge in [-0.1, -0.05) is 0 Å². The number of esters is 1. The van der Waals surface area contributed by atoms with Gasteiger partial charge in [-0.05, 0) is 27.2 Å². The maximum Gasteiger partial charge on any atom is 0.359 e. The van der Waals surface area contributed by atoms with Gasteiger partial charge in [0.1, 0.15) is 11.4 Å². The average molecular weight is 237 g/mol. The second-order valence-electron chi connectivity index (χ2n) is 5.50. The molecule has 0 saturated carbocycles. The first-order valence-electron chi connectivity index (χ1n) is 5.90. The molecule has 94 valence electrons. The maximum atomic E-state index is 11.8. The molecule has 0 spiro atoms. The first-order valence-corrected chi connectivity index (χ1v) is 5.90. The lowest BCUT2D eigenvalue weighted by atomic mass is 10.1. The molecule has 1 unspecified atom stereocenters. The molecule has 0 bridgehead atoms. The van der Waals surface area contributed by atoms with Gasteiger partial charge in [0, 0.05) is 25.2 Å². The molecule has 2 heterocycles. The SMILES string of the molecule is CC(C)(C)OC(=O)c1cn2c(n1)CCC(N)C2. The zero-order chi connectivity index (χ0) is 12.6. The largest absolute Gasteiger partial charge is 0.455 e. The van der Waals surface area contributed by atoms with E-state index in [2.05, 4.69) is 4.98 Å². The number of carbonyl (C=O) groups is 1. The fourth-order valence-electron chi connectivity index (χ4n) is 1.90. The molecule has 0 radical (unpaired) electrons. The van der Waals surface area contributed by atoms with Crippen molar-refractivity contribution < 1.29 is 9.53 Å². The Bertz CT molecular complexity index is 431. The molecule has 0 amide bonds. The Morgan fingerprint density at radius 3 is 2.94 bits per heavy atom. The van der Waals surface area contributed by atoms with E-state index in [9.17, 15) is 4.79 Å². The minimum absolute atomic E-state index is 0.156. The number of carbonyl (C=O) groups excluding carboxylic acids is 1. The van der Waals surface area contributed by atoms with Gasteiger partial charge >= 0.3 is 5.97 Å². The van der Waals surface area contributed by atoms with Gasteiger partial charge in [0.2, 0.25) is 0 Å². The molecule has 1 aliphatic heterocycles.